The summed E-state index contributed by atoms with van der Waals surface area (Å²) in [7, 11) is 0. The number of hydrogen-bond donors (Lipinski definition) is 0. The number of aryl methyl sites for hydroxylation is 2. The van der Waals surface area contributed by atoms with Crippen LogP contribution in [0.15, 0.2) is 12.4 Å². The second kappa shape index (κ2) is 44.3. The van der Waals surface area contributed by atoms with Crippen LogP contribution >= 0.6 is 0 Å². The summed E-state index contributed by atoms with van der Waals surface area (Å²) in [6, 6.07) is 0. The zero-order valence-corrected chi connectivity index (χ0v) is 38.8. The van der Waals surface area contributed by atoms with Gasteiger partial charge in [0.25, 0.3) is 5.82 Å². The van der Waals surface area contributed by atoms with Gasteiger partial charge in [-0.25, -0.2) is 9.13 Å². The first kappa shape index (κ1) is 52.2. The van der Waals surface area contributed by atoms with E-state index in [0.29, 0.717) is 0 Å². The van der Waals surface area contributed by atoms with Crippen LogP contribution in [-0.4, -0.2) is 4.57 Å². The SMILES string of the molecule is CCCCCCCCCCCCCCCCCc1n(CCCCCCCCCCCCCCCC)cc[n+]1CCCCCCCCCCCCCCCCC. The number of unbranched alkanes of at least 4 members (excludes halogenated alkanes) is 41. The average Bonchev–Trinajstić information content (AvgIpc) is 3.58. The largest absolute Gasteiger partial charge is 0.256 e. The van der Waals surface area contributed by atoms with E-state index >= 15 is 0 Å². The molecule has 0 saturated carbocycles. The first-order valence-corrected chi connectivity index (χ1v) is 26.4. The van der Waals surface area contributed by atoms with Crippen molar-refractivity contribution >= 4 is 0 Å². The highest BCUT2D eigenvalue weighted by atomic mass is 15.1. The molecule has 0 radical (unpaired) electrons. The molecule has 0 unspecified atom stereocenters. The molecule has 0 saturated heterocycles. The molecule has 0 spiro atoms. The first-order chi connectivity index (χ1) is 27.3. The Labute approximate surface area is 349 Å². The molecule has 2 heteroatoms. The number of rotatable bonds is 47. The van der Waals surface area contributed by atoms with Crippen LogP contribution in [-0.2, 0) is 19.5 Å². The predicted molar refractivity (Wildman–Crippen MR) is 249 cm³/mol. The van der Waals surface area contributed by atoms with Crippen LogP contribution in [0.4, 0.5) is 0 Å². The molecule has 0 amide bonds. The Morgan fingerprint density at radius 3 is 0.873 bits per heavy atom. The lowest BCUT2D eigenvalue weighted by molar-refractivity contribution is -0.704. The fourth-order valence-electron chi connectivity index (χ4n) is 8.98. The molecule has 1 aromatic rings. The van der Waals surface area contributed by atoms with Crippen molar-refractivity contribution in [3.05, 3.63) is 18.2 Å². The van der Waals surface area contributed by atoms with Crippen molar-refractivity contribution in [3.8, 4) is 0 Å². The van der Waals surface area contributed by atoms with Gasteiger partial charge in [-0.2, -0.15) is 0 Å². The van der Waals surface area contributed by atoms with E-state index in [1.54, 1.807) is 5.82 Å². The van der Waals surface area contributed by atoms with Crippen molar-refractivity contribution in [2.45, 2.75) is 323 Å². The second-order valence-electron chi connectivity index (χ2n) is 18.3. The van der Waals surface area contributed by atoms with E-state index in [1.807, 2.05) is 0 Å². The monoisotopic (exact) mass is 770 g/mol. The molecular weight excluding hydrogens is 665 g/mol. The molecule has 2 nitrogen and oxygen atoms in total. The Bertz CT molecular complexity index is 841. The summed E-state index contributed by atoms with van der Waals surface area (Å²) in [5.74, 6) is 1.63. The molecule has 0 bridgehead atoms. The Kier molecular flexibility index (Phi) is 42.1. The molecule has 55 heavy (non-hydrogen) atoms. The van der Waals surface area contributed by atoms with Gasteiger partial charge >= 0.3 is 0 Å². The lowest BCUT2D eigenvalue weighted by atomic mass is 10.0. The number of hydrogen-bond acceptors (Lipinski definition) is 0. The van der Waals surface area contributed by atoms with Crippen LogP contribution in [0.1, 0.15) is 309 Å². The van der Waals surface area contributed by atoms with Crippen molar-refractivity contribution < 1.29 is 4.57 Å². The van der Waals surface area contributed by atoms with E-state index in [0.717, 1.165) is 0 Å². The van der Waals surface area contributed by atoms with Gasteiger partial charge in [0, 0.05) is 6.42 Å². The molecule has 1 heterocycles. The molecule has 0 aromatic carbocycles. The van der Waals surface area contributed by atoms with Crippen LogP contribution in [0.2, 0.25) is 0 Å². The smallest absolute Gasteiger partial charge is 0.234 e. The zero-order valence-electron chi connectivity index (χ0n) is 38.8. The van der Waals surface area contributed by atoms with E-state index in [1.165, 1.54) is 302 Å². The van der Waals surface area contributed by atoms with Gasteiger partial charge in [-0.3, -0.25) is 0 Å². The van der Waals surface area contributed by atoms with E-state index in [2.05, 4.69) is 42.3 Å². The van der Waals surface area contributed by atoms with Gasteiger partial charge in [-0.15, -0.1) is 0 Å². The maximum absolute atomic E-state index is 2.66. The van der Waals surface area contributed by atoms with Crippen LogP contribution in [0, 0.1) is 0 Å². The van der Waals surface area contributed by atoms with Crippen LogP contribution < -0.4 is 4.57 Å². The number of nitrogens with zero attached hydrogens (tertiary/aromatic N) is 2. The summed E-state index contributed by atoms with van der Waals surface area (Å²) in [5, 5.41) is 0. The van der Waals surface area contributed by atoms with Gasteiger partial charge in [-0.05, 0) is 32.1 Å². The van der Waals surface area contributed by atoms with Crippen LogP contribution in [0.5, 0.6) is 0 Å². The van der Waals surface area contributed by atoms with Crippen molar-refractivity contribution in [1.82, 2.24) is 4.57 Å². The lowest BCUT2D eigenvalue weighted by Crippen LogP contribution is -2.37. The van der Waals surface area contributed by atoms with E-state index in [4.69, 9.17) is 0 Å². The molecule has 0 fully saturated rings. The van der Waals surface area contributed by atoms with E-state index in [-0.39, 0.29) is 0 Å². The molecule has 0 aliphatic rings. The minimum absolute atomic E-state index is 1.23. The Hall–Kier alpha value is -0.790. The molecule has 1 aromatic heterocycles. The fourth-order valence-corrected chi connectivity index (χ4v) is 8.98. The standard InChI is InChI=1S/C53H105N2/c1-4-7-10-13-16-19-22-25-28-30-33-36-39-42-45-48-53-54(49-46-43-40-37-34-31-27-24-21-18-15-12-9-6-3)51-52-55(53)50-47-44-41-38-35-32-29-26-23-20-17-14-11-8-5-2/h51-52H,4-50H2,1-3H3/q+1. The molecule has 0 atom stereocenters. The van der Waals surface area contributed by atoms with E-state index < -0.39 is 0 Å². The molecule has 0 aliphatic carbocycles. The Balaban J connectivity index is 2.25. The average molecular weight is 770 g/mol. The summed E-state index contributed by atoms with van der Waals surface area (Å²) in [6.07, 6.45) is 69.8. The Morgan fingerprint density at radius 1 is 0.309 bits per heavy atom. The van der Waals surface area contributed by atoms with Gasteiger partial charge < -0.3 is 0 Å². The predicted octanol–water partition coefficient (Wildman–Crippen LogP) is 18.5. The quantitative estimate of drug-likeness (QED) is 0.0461. The third-order valence-electron chi connectivity index (χ3n) is 12.8. The molecule has 0 N–H and O–H groups in total. The third kappa shape index (κ3) is 36.1. The van der Waals surface area contributed by atoms with Crippen molar-refractivity contribution in [2.75, 3.05) is 0 Å². The highest BCUT2D eigenvalue weighted by Gasteiger charge is 2.16. The van der Waals surface area contributed by atoms with Gasteiger partial charge in [-0.1, -0.05) is 271 Å². The topological polar surface area (TPSA) is 8.81 Å². The van der Waals surface area contributed by atoms with E-state index in [9.17, 15) is 0 Å². The van der Waals surface area contributed by atoms with Gasteiger partial charge in [0.1, 0.15) is 12.4 Å². The van der Waals surface area contributed by atoms with Crippen molar-refractivity contribution in [1.29, 1.82) is 0 Å². The van der Waals surface area contributed by atoms with Crippen LogP contribution in [0.25, 0.3) is 0 Å². The van der Waals surface area contributed by atoms with Crippen molar-refractivity contribution in [3.63, 3.8) is 0 Å². The molecular formula is C53H105N2+. The maximum Gasteiger partial charge on any atom is 0.256 e. The summed E-state index contributed by atoms with van der Waals surface area (Å²) in [4.78, 5) is 0. The third-order valence-corrected chi connectivity index (χ3v) is 12.8. The molecule has 326 valence electrons. The zero-order chi connectivity index (χ0) is 39.4. The summed E-state index contributed by atoms with van der Waals surface area (Å²) in [5.41, 5.74) is 0. The Morgan fingerprint density at radius 2 is 0.564 bits per heavy atom. The summed E-state index contributed by atoms with van der Waals surface area (Å²) < 4.78 is 5.32. The minimum Gasteiger partial charge on any atom is -0.234 e. The maximum atomic E-state index is 2.66. The highest BCUT2D eigenvalue weighted by Crippen LogP contribution is 2.17. The second-order valence-corrected chi connectivity index (χ2v) is 18.3. The highest BCUT2D eigenvalue weighted by molar-refractivity contribution is 4.84. The lowest BCUT2D eigenvalue weighted by Gasteiger charge is -2.07. The van der Waals surface area contributed by atoms with Crippen molar-refractivity contribution in [2.24, 2.45) is 0 Å². The minimum atomic E-state index is 1.23. The normalized spacial score (nSPS) is 11.7. The molecule has 1 rings (SSSR count). The number of aromatic nitrogens is 2. The summed E-state index contributed by atoms with van der Waals surface area (Å²) in [6.45, 7) is 9.42. The van der Waals surface area contributed by atoms with Gasteiger partial charge in [0.15, 0.2) is 0 Å². The van der Waals surface area contributed by atoms with Gasteiger partial charge in [0.05, 0.1) is 13.1 Å². The molecule has 0 aliphatic heterocycles. The number of imidazole rings is 1. The first-order valence-electron chi connectivity index (χ1n) is 26.4. The van der Waals surface area contributed by atoms with Crippen LogP contribution in [0.3, 0.4) is 0 Å². The van der Waals surface area contributed by atoms with Gasteiger partial charge in [0.2, 0.25) is 0 Å². The summed E-state index contributed by atoms with van der Waals surface area (Å²) >= 11 is 0. The fraction of sp³-hybridized carbons (Fsp3) is 0.943.